The molecule has 0 aliphatic carbocycles. The van der Waals surface area contributed by atoms with Crippen LogP contribution in [0.3, 0.4) is 0 Å². The highest BCUT2D eigenvalue weighted by Gasteiger charge is 1.99. The predicted octanol–water partition coefficient (Wildman–Crippen LogP) is 5.94. The Bertz CT molecular complexity index is 609. The van der Waals surface area contributed by atoms with Gasteiger partial charge in [0.25, 0.3) is 0 Å². The van der Waals surface area contributed by atoms with E-state index in [9.17, 15) is 0 Å². The molecule has 2 rings (SSSR count). The summed E-state index contributed by atoms with van der Waals surface area (Å²) in [6.07, 6.45) is 0. The molecule has 3 nitrogen and oxygen atoms in total. The van der Waals surface area contributed by atoms with E-state index < -0.39 is 0 Å². The number of hydrogen-bond acceptors (Lipinski definition) is 3. The van der Waals surface area contributed by atoms with E-state index in [2.05, 4.69) is 31.9 Å². The Kier molecular flexibility index (Phi) is 9.21. The van der Waals surface area contributed by atoms with Gasteiger partial charge in [0.2, 0.25) is 0 Å². The number of rotatable bonds is 4. The zero-order valence-corrected chi connectivity index (χ0v) is 16.3. The molecule has 0 saturated heterocycles. The summed E-state index contributed by atoms with van der Waals surface area (Å²) in [4.78, 5) is 0. The van der Waals surface area contributed by atoms with E-state index in [1.807, 2.05) is 12.1 Å². The molecule has 0 atom stereocenters. The van der Waals surface area contributed by atoms with Crippen molar-refractivity contribution < 1.29 is 14.6 Å². The molecule has 0 saturated carbocycles. The minimum atomic E-state index is 0.184. The first-order valence-electron chi connectivity index (χ1n) is 6.15. The molecule has 0 aromatic heterocycles. The van der Waals surface area contributed by atoms with Gasteiger partial charge in [-0.25, -0.2) is 0 Å². The number of halogens is 4. The molecular weight excluding hydrogens is 459 g/mol. The monoisotopic (exact) mass is 470 g/mol. The number of benzene rings is 2. The molecule has 22 heavy (non-hydrogen) atoms. The number of phenolic OH excluding ortho intramolecular Hbond substituents is 1. The molecule has 7 heteroatoms. The lowest BCUT2D eigenvalue weighted by Gasteiger charge is -2.05. The highest BCUT2D eigenvalue weighted by Crippen LogP contribution is 2.27. The van der Waals surface area contributed by atoms with E-state index in [-0.39, 0.29) is 5.75 Å². The van der Waals surface area contributed by atoms with Crippen LogP contribution in [-0.4, -0.2) is 25.4 Å². The van der Waals surface area contributed by atoms with Crippen LogP contribution in [0.1, 0.15) is 0 Å². The van der Waals surface area contributed by atoms with Crippen LogP contribution in [0.2, 0.25) is 10.0 Å². The van der Waals surface area contributed by atoms with E-state index >= 15 is 0 Å². The molecule has 0 aliphatic rings. The topological polar surface area (TPSA) is 38.7 Å². The van der Waals surface area contributed by atoms with Gasteiger partial charge in [0.15, 0.2) is 0 Å². The molecule has 0 fully saturated rings. The number of methoxy groups -OCH3 is 1. The molecule has 0 bridgehead atoms. The minimum absolute atomic E-state index is 0.184. The van der Waals surface area contributed by atoms with Crippen LogP contribution in [0, 0.1) is 0 Å². The first-order valence-corrected chi connectivity index (χ1v) is 8.49. The van der Waals surface area contributed by atoms with Crippen molar-refractivity contribution in [2.24, 2.45) is 0 Å². The summed E-state index contributed by atoms with van der Waals surface area (Å²) in [6, 6.07) is 10.2. The summed E-state index contributed by atoms with van der Waals surface area (Å²) in [5.74, 6) is 0.938. The van der Waals surface area contributed by atoms with Crippen molar-refractivity contribution in [3.8, 4) is 11.5 Å². The van der Waals surface area contributed by atoms with E-state index in [1.54, 1.807) is 25.3 Å². The predicted molar refractivity (Wildman–Crippen MR) is 97.3 cm³/mol. The fourth-order valence-electron chi connectivity index (χ4n) is 1.29. The second kappa shape index (κ2) is 10.3. The van der Waals surface area contributed by atoms with Crippen molar-refractivity contribution in [2.45, 2.75) is 0 Å². The number of ether oxygens (including phenoxy) is 2. The molecule has 120 valence electrons. The van der Waals surface area contributed by atoms with Crippen LogP contribution in [0.4, 0.5) is 0 Å². The normalized spacial score (nSPS) is 9.86. The van der Waals surface area contributed by atoms with E-state index in [0.29, 0.717) is 23.3 Å². The van der Waals surface area contributed by atoms with E-state index in [1.165, 1.54) is 6.07 Å². The zero-order chi connectivity index (χ0) is 16.5. The Morgan fingerprint density at radius 1 is 0.955 bits per heavy atom. The second-order valence-corrected chi connectivity index (χ2v) is 6.54. The Labute approximate surface area is 156 Å². The van der Waals surface area contributed by atoms with Crippen molar-refractivity contribution in [2.75, 3.05) is 20.3 Å². The minimum Gasteiger partial charge on any atom is -0.508 e. The van der Waals surface area contributed by atoms with Gasteiger partial charge in [-0.05, 0) is 68.3 Å². The van der Waals surface area contributed by atoms with Gasteiger partial charge in [-0.3, -0.25) is 0 Å². The summed E-state index contributed by atoms with van der Waals surface area (Å²) in [5.41, 5.74) is 0. The molecule has 2 aromatic rings. The third kappa shape index (κ3) is 7.20. The standard InChI is InChI=1S/C9H10BrClO2.C6H4BrClO/c1-12-4-5-13-7-2-3-8(10)9(11)6-7;7-5-2-1-4(9)3-6(5)8/h2-3,6H,4-5H2,1H3;1-3,9H. The molecule has 0 spiro atoms. The fraction of sp³-hybridized carbons (Fsp3) is 0.200. The summed E-state index contributed by atoms with van der Waals surface area (Å²) in [7, 11) is 1.64. The number of hydrogen-bond donors (Lipinski definition) is 1. The lowest BCUT2D eigenvalue weighted by molar-refractivity contribution is 0.146. The fourth-order valence-corrected chi connectivity index (χ4v) is 2.13. The Balaban J connectivity index is 0.000000235. The van der Waals surface area contributed by atoms with Crippen LogP contribution < -0.4 is 4.74 Å². The zero-order valence-electron chi connectivity index (χ0n) is 11.7. The Hall–Kier alpha value is -0.460. The molecule has 1 N–H and O–H groups in total. The van der Waals surface area contributed by atoms with Gasteiger partial charge in [0, 0.05) is 16.1 Å². The van der Waals surface area contributed by atoms with E-state index in [4.69, 9.17) is 37.8 Å². The van der Waals surface area contributed by atoms with Gasteiger partial charge < -0.3 is 14.6 Å². The highest BCUT2D eigenvalue weighted by molar-refractivity contribution is 9.10. The van der Waals surface area contributed by atoms with Gasteiger partial charge >= 0.3 is 0 Å². The quantitative estimate of drug-likeness (QED) is 0.560. The van der Waals surface area contributed by atoms with Crippen molar-refractivity contribution in [1.29, 1.82) is 0 Å². The Morgan fingerprint density at radius 3 is 2.05 bits per heavy atom. The van der Waals surface area contributed by atoms with Crippen LogP contribution >= 0.6 is 55.1 Å². The van der Waals surface area contributed by atoms with E-state index in [0.717, 1.165) is 14.7 Å². The summed E-state index contributed by atoms with van der Waals surface area (Å²) < 4.78 is 11.9. The van der Waals surface area contributed by atoms with Crippen molar-refractivity contribution in [3.05, 3.63) is 55.4 Å². The summed E-state index contributed by atoms with van der Waals surface area (Å²) >= 11 is 18.0. The lowest BCUT2D eigenvalue weighted by Crippen LogP contribution is -2.03. The average molecular weight is 473 g/mol. The lowest BCUT2D eigenvalue weighted by atomic mass is 10.3. The molecule has 0 amide bonds. The van der Waals surface area contributed by atoms with Crippen LogP contribution in [0.25, 0.3) is 0 Å². The van der Waals surface area contributed by atoms with Gasteiger partial charge in [0.1, 0.15) is 18.1 Å². The van der Waals surface area contributed by atoms with Gasteiger partial charge in [-0.2, -0.15) is 0 Å². The molecule has 0 unspecified atom stereocenters. The van der Waals surface area contributed by atoms with Gasteiger partial charge in [-0.1, -0.05) is 23.2 Å². The molecule has 0 radical (unpaired) electrons. The van der Waals surface area contributed by atoms with Crippen molar-refractivity contribution in [3.63, 3.8) is 0 Å². The molecule has 2 aromatic carbocycles. The molecule has 0 heterocycles. The van der Waals surface area contributed by atoms with Crippen molar-refractivity contribution >= 4 is 55.1 Å². The third-order valence-electron chi connectivity index (χ3n) is 2.35. The first-order chi connectivity index (χ1) is 10.4. The maximum absolute atomic E-state index is 8.83. The Morgan fingerprint density at radius 2 is 1.55 bits per heavy atom. The number of phenols is 1. The highest BCUT2D eigenvalue weighted by atomic mass is 79.9. The molecule has 0 aliphatic heterocycles. The van der Waals surface area contributed by atoms with Crippen LogP contribution in [0.5, 0.6) is 11.5 Å². The van der Waals surface area contributed by atoms with Gasteiger partial charge in [-0.15, -0.1) is 0 Å². The maximum atomic E-state index is 8.83. The van der Waals surface area contributed by atoms with Crippen molar-refractivity contribution in [1.82, 2.24) is 0 Å². The summed E-state index contributed by atoms with van der Waals surface area (Å²) in [6.45, 7) is 1.11. The average Bonchev–Trinajstić information content (AvgIpc) is 2.48. The van der Waals surface area contributed by atoms with Gasteiger partial charge in [0.05, 0.1) is 16.7 Å². The van der Waals surface area contributed by atoms with Crippen LogP contribution in [0.15, 0.2) is 45.3 Å². The molecular formula is C15H14Br2Cl2O3. The first kappa shape index (κ1) is 19.6. The third-order valence-corrected chi connectivity index (χ3v) is 4.82. The largest absolute Gasteiger partial charge is 0.508 e. The summed E-state index contributed by atoms with van der Waals surface area (Å²) in [5, 5.41) is 10.0. The number of aromatic hydroxyl groups is 1. The SMILES string of the molecule is COCCOc1ccc(Br)c(Cl)c1.Oc1ccc(Br)c(Cl)c1. The maximum Gasteiger partial charge on any atom is 0.120 e. The van der Waals surface area contributed by atoms with Crippen LogP contribution in [-0.2, 0) is 4.74 Å². The smallest absolute Gasteiger partial charge is 0.120 e. The second-order valence-electron chi connectivity index (χ2n) is 4.02.